The second-order valence-electron chi connectivity index (χ2n) is 4.03. The lowest BCUT2D eigenvalue weighted by molar-refractivity contribution is 0.0672. The molecule has 0 heterocycles. The van der Waals surface area contributed by atoms with E-state index in [4.69, 9.17) is 13.3 Å². The lowest BCUT2D eigenvalue weighted by Gasteiger charge is -2.28. The Morgan fingerprint density at radius 1 is 1.00 bits per heavy atom. The fraction of sp³-hybridized carbons (Fsp3) is 0.500. The van der Waals surface area contributed by atoms with Crippen molar-refractivity contribution in [2.24, 2.45) is 0 Å². The third-order valence-electron chi connectivity index (χ3n) is 2.59. The van der Waals surface area contributed by atoms with Crippen molar-refractivity contribution in [2.45, 2.75) is 20.8 Å². The summed E-state index contributed by atoms with van der Waals surface area (Å²) < 4.78 is 17.0. The largest absolute Gasteiger partial charge is 0.521 e. The molecular formula is C14H23NO4Si. The molecule has 1 amide bonds. The Labute approximate surface area is 121 Å². The number of hydrogen-bond acceptors (Lipinski definition) is 4. The van der Waals surface area contributed by atoms with E-state index in [1.54, 1.807) is 12.1 Å². The predicted octanol–water partition coefficient (Wildman–Crippen LogP) is 2.00. The van der Waals surface area contributed by atoms with Gasteiger partial charge in [-0.2, -0.15) is 0 Å². The molecule has 1 aromatic rings. The van der Waals surface area contributed by atoms with Gasteiger partial charge in [-0.05, 0) is 32.9 Å². The minimum absolute atomic E-state index is 0.151. The molecule has 0 aliphatic heterocycles. The molecule has 1 rings (SSSR count). The minimum Gasteiger partial charge on any atom is -0.373 e. The van der Waals surface area contributed by atoms with Gasteiger partial charge in [0.2, 0.25) is 0 Å². The van der Waals surface area contributed by atoms with Gasteiger partial charge in [0.15, 0.2) is 0 Å². The number of carbonyl (C=O) groups is 1. The van der Waals surface area contributed by atoms with Crippen LogP contribution in [0.2, 0.25) is 0 Å². The predicted molar refractivity (Wildman–Crippen MR) is 79.4 cm³/mol. The van der Waals surface area contributed by atoms with Gasteiger partial charge in [-0.3, -0.25) is 4.79 Å². The molecule has 0 fully saturated rings. The van der Waals surface area contributed by atoms with Crippen LogP contribution in [-0.4, -0.2) is 40.7 Å². The van der Waals surface area contributed by atoms with E-state index in [0.717, 1.165) is 0 Å². The van der Waals surface area contributed by atoms with Crippen LogP contribution >= 0.6 is 0 Å². The van der Waals surface area contributed by atoms with Crippen LogP contribution in [0.1, 0.15) is 31.1 Å². The molecule has 6 heteroatoms. The summed E-state index contributed by atoms with van der Waals surface area (Å²) in [7, 11) is -2.82. The van der Waals surface area contributed by atoms with Crippen LogP contribution in [0, 0.1) is 0 Å². The quantitative estimate of drug-likeness (QED) is 0.708. The van der Waals surface area contributed by atoms with Gasteiger partial charge in [0.25, 0.3) is 5.91 Å². The van der Waals surface area contributed by atoms with Crippen LogP contribution in [-0.2, 0) is 13.3 Å². The molecule has 0 unspecified atom stereocenters. The third kappa shape index (κ3) is 5.05. The summed E-state index contributed by atoms with van der Waals surface area (Å²) in [6.45, 7) is 7.14. The van der Waals surface area contributed by atoms with Gasteiger partial charge >= 0.3 is 8.80 Å². The van der Waals surface area contributed by atoms with Crippen molar-refractivity contribution in [1.29, 1.82) is 0 Å². The Morgan fingerprint density at radius 2 is 1.50 bits per heavy atom. The van der Waals surface area contributed by atoms with Crippen molar-refractivity contribution in [1.82, 2.24) is 5.32 Å². The lowest BCUT2D eigenvalue weighted by Crippen LogP contribution is -2.55. The second-order valence-corrected chi connectivity index (χ2v) is 6.62. The summed E-state index contributed by atoms with van der Waals surface area (Å²) >= 11 is 0. The number of carbonyl (C=O) groups excluding carboxylic acids is 1. The van der Waals surface area contributed by atoms with Crippen LogP contribution in [0.5, 0.6) is 0 Å². The molecule has 20 heavy (non-hydrogen) atoms. The molecule has 0 spiro atoms. The minimum atomic E-state index is -2.82. The molecule has 0 saturated carbocycles. The number of benzene rings is 1. The number of nitrogens with one attached hydrogen (secondary N) is 1. The van der Waals surface area contributed by atoms with E-state index in [0.29, 0.717) is 25.4 Å². The smallest absolute Gasteiger partial charge is 0.373 e. The zero-order valence-electron chi connectivity index (χ0n) is 12.3. The third-order valence-corrected chi connectivity index (χ3v) is 5.39. The molecular weight excluding hydrogens is 274 g/mol. The SMILES string of the molecule is CCO[Si](CNC(=O)c1ccccc1)(OCC)OCC. The fourth-order valence-corrected chi connectivity index (χ4v) is 4.07. The second kappa shape index (κ2) is 8.86. The maximum atomic E-state index is 12.0. The standard InChI is InChI=1S/C14H23NO4Si/c1-4-17-20(18-5-2,19-6-3)12-15-14(16)13-10-8-7-9-11-13/h7-11H,4-6,12H2,1-3H3,(H,15,16). The summed E-state index contributed by atoms with van der Waals surface area (Å²) in [4.78, 5) is 12.0. The van der Waals surface area contributed by atoms with Gasteiger partial charge < -0.3 is 18.6 Å². The van der Waals surface area contributed by atoms with Crippen molar-refractivity contribution in [3.63, 3.8) is 0 Å². The molecule has 5 nitrogen and oxygen atoms in total. The first-order valence-electron chi connectivity index (χ1n) is 6.92. The monoisotopic (exact) mass is 297 g/mol. The van der Waals surface area contributed by atoms with E-state index in [-0.39, 0.29) is 12.1 Å². The summed E-state index contributed by atoms with van der Waals surface area (Å²) in [6.07, 6.45) is 0.274. The first-order chi connectivity index (χ1) is 9.67. The zero-order valence-corrected chi connectivity index (χ0v) is 13.3. The first-order valence-corrected chi connectivity index (χ1v) is 8.85. The van der Waals surface area contributed by atoms with Crippen LogP contribution < -0.4 is 5.32 Å². The van der Waals surface area contributed by atoms with Gasteiger partial charge in [-0.25, -0.2) is 0 Å². The van der Waals surface area contributed by atoms with E-state index in [9.17, 15) is 4.79 Å². The fourth-order valence-electron chi connectivity index (χ4n) is 1.82. The molecule has 1 aromatic carbocycles. The Morgan fingerprint density at radius 3 is 1.95 bits per heavy atom. The maximum absolute atomic E-state index is 12.0. The summed E-state index contributed by atoms with van der Waals surface area (Å²) in [5.74, 6) is -0.151. The summed E-state index contributed by atoms with van der Waals surface area (Å²) in [5, 5.41) is 2.84. The first kappa shape index (κ1) is 16.8. The van der Waals surface area contributed by atoms with Gasteiger partial charge in [0.05, 0.1) is 6.17 Å². The molecule has 0 atom stereocenters. The normalized spacial score (nSPS) is 11.3. The van der Waals surface area contributed by atoms with Gasteiger partial charge in [0, 0.05) is 25.4 Å². The Balaban J connectivity index is 2.67. The van der Waals surface area contributed by atoms with Crippen LogP contribution in [0.3, 0.4) is 0 Å². The lowest BCUT2D eigenvalue weighted by atomic mass is 10.2. The van der Waals surface area contributed by atoms with E-state index < -0.39 is 8.80 Å². The molecule has 112 valence electrons. The van der Waals surface area contributed by atoms with Crippen LogP contribution in [0.15, 0.2) is 30.3 Å². The van der Waals surface area contributed by atoms with Crippen LogP contribution in [0.25, 0.3) is 0 Å². The van der Waals surface area contributed by atoms with Crippen molar-refractivity contribution in [3.05, 3.63) is 35.9 Å². The van der Waals surface area contributed by atoms with E-state index in [1.165, 1.54) is 0 Å². The summed E-state index contributed by atoms with van der Waals surface area (Å²) in [5.41, 5.74) is 0.611. The van der Waals surface area contributed by atoms with Gasteiger partial charge in [-0.15, -0.1) is 0 Å². The Hall–Kier alpha value is -1.21. The van der Waals surface area contributed by atoms with Crippen molar-refractivity contribution in [2.75, 3.05) is 26.0 Å². The van der Waals surface area contributed by atoms with E-state index in [2.05, 4.69) is 5.32 Å². The topological polar surface area (TPSA) is 56.8 Å². The van der Waals surface area contributed by atoms with Gasteiger partial charge in [0.1, 0.15) is 0 Å². The highest BCUT2D eigenvalue weighted by Gasteiger charge is 2.41. The van der Waals surface area contributed by atoms with Gasteiger partial charge in [-0.1, -0.05) is 18.2 Å². The summed E-state index contributed by atoms with van der Waals surface area (Å²) in [6, 6.07) is 9.05. The average Bonchev–Trinajstić information content (AvgIpc) is 2.46. The highest BCUT2D eigenvalue weighted by Crippen LogP contribution is 2.09. The number of amides is 1. The Kier molecular flexibility index (Phi) is 7.46. The number of hydrogen-bond donors (Lipinski definition) is 1. The molecule has 0 saturated heterocycles. The molecule has 0 radical (unpaired) electrons. The molecule has 1 N–H and O–H groups in total. The average molecular weight is 297 g/mol. The molecule has 0 bridgehead atoms. The maximum Gasteiger partial charge on any atom is 0.521 e. The zero-order chi connectivity index (χ0) is 14.8. The molecule has 0 aliphatic carbocycles. The van der Waals surface area contributed by atoms with Crippen molar-refractivity contribution < 1.29 is 18.1 Å². The van der Waals surface area contributed by atoms with Crippen molar-refractivity contribution >= 4 is 14.7 Å². The van der Waals surface area contributed by atoms with E-state index >= 15 is 0 Å². The Bertz CT molecular complexity index is 382. The van der Waals surface area contributed by atoms with E-state index in [1.807, 2.05) is 39.0 Å². The highest BCUT2D eigenvalue weighted by molar-refractivity contribution is 6.61. The van der Waals surface area contributed by atoms with Crippen molar-refractivity contribution in [3.8, 4) is 0 Å². The van der Waals surface area contributed by atoms with Crippen LogP contribution in [0.4, 0.5) is 0 Å². The molecule has 0 aromatic heterocycles. The highest BCUT2D eigenvalue weighted by atomic mass is 28.4. The molecule has 0 aliphatic rings. The number of rotatable bonds is 9.